The Hall–Kier alpha value is -2.21. The summed E-state index contributed by atoms with van der Waals surface area (Å²) >= 11 is 1.59. The summed E-state index contributed by atoms with van der Waals surface area (Å²) in [6, 6.07) is 8.42. The van der Waals surface area contributed by atoms with E-state index >= 15 is 0 Å². The Labute approximate surface area is 126 Å². The van der Waals surface area contributed by atoms with E-state index in [9.17, 15) is 4.39 Å². The van der Waals surface area contributed by atoms with Crippen molar-refractivity contribution in [3.8, 4) is 0 Å². The number of fused-ring (bicyclic) bond motifs is 1. The van der Waals surface area contributed by atoms with Crippen molar-refractivity contribution < 1.29 is 4.39 Å². The van der Waals surface area contributed by atoms with Crippen LogP contribution in [-0.2, 0) is 0 Å². The standard InChI is InChI=1S/C15H15FN4S/c1-3-20(11-6-4-10(16)5-7-11)13-12-8-9(2)21-14(12)19-15(17)18-13/h4-8H,3H2,1-2H3,(H2,17,18,19). The van der Waals surface area contributed by atoms with Crippen molar-refractivity contribution in [1.29, 1.82) is 0 Å². The van der Waals surface area contributed by atoms with E-state index in [1.54, 1.807) is 23.5 Å². The fraction of sp³-hybridized carbons (Fsp3) is 0.200. The van der Waals surface area contributed by atoms with E-state index in [2.05, 4.69) is 16.0 Å². The normalized spacial score (nSPS) is 11.0. The zero-order valence-electron chi connectivity index (χ0n) is 11.8. The molecule has 0 fully saturated rings. The van der Waals surface area contributed by atoms with Crippen LogP contribution in [-0.4, -0.2) is 16.5 Å². The smallest absolute Gasteiger partial charge is 0.223 e. The average Bonchev–Trinajstić information content (AvgIpc) is 2.81. The molecule has 0 aliphatic carbocycles. The Kier molecular flexibility index (Phi) is 3.47. The molecule has 0 unspecified atom stereocenters. The summed E-state index contributed by atoms with van der Waals surface area (Å²) in [7, 11) is 0. The van der Waals surface area contributed by atoms with Crippen LogP contribution >= 0.6 is 11.3 Å². The van der Waals surface area contributed by atoms with Gasteiger partial charge in [0.1, 0.15) is 16.5 Å². The van der Waals surface area contributed by atoms with Crippen LogP contribution in [0.3, 0.4) is 0 Å². The van der Waals surface area contributed by atoms with Gasteiger partial charge in [-0.25, -0.2) is 9.37 Å². The first-order valence-corrected chi connectivity index (χ1v) is 7.47. The van der Waals surface area contributed by atoms with Gasteiger partial charge in [0.25, 0.3) is 0 Å². The van der Waals surface area contributed by atoms with Crippen molar-refractivity contribution in [3.05, 3.63) is 41.0 Å². The number of aromatic nitrogens is 2. The SMILES string of the molecule is CCN(c1ccc(F)cc1)c1nc(N)nc2sc(C)cc12. The van der Waals surface area contributed by atoms with Gasteiger partial charge in [-0.1, -0.05) is 0 Å². The molecule has 0 aliphatic heterocycles. The topological polar surface area (TPSA) is 55.0 Å². The fourth-order valence-corrected chi connectivity index (χ4v) is 3.21. The third kappa shape index (κ3) is 2.54. The minimum absolute atomic E-state index is 0.250. The van der Waals surface area contributed by atoms with E-state index in [-0.39, 0.29) is 11.8 Å². The number of rotatable bonds is 3. The molecule has 3 aromatic rings. The second kappa shape index (κ2) is 5.29. The molecule has 6 heteroatoms. The third-order valence-electron chi connectivity index (χ3n) is 3.22. The van der Waals surface area contributed by atoms with Gasteiger partial charge >= 0.3 is 0 Å². The first-order valence-electron chi connectivity index (χ1n) is 6.65. The van der Waals surface area contributed by atoms with E-state index in [0.717, 1.165) is 26.6 Å². The van der Waals surface area contributed by atoms with Crippen LogP contribution in [0, 0.1) is 12.7 Å². The number of benzene rings is 1. The lowest BCUT2D eigenvalue weighted by atomic mass is 10.2. The van der Waals surface area contributed by atoms with Crippen LogP contribution in [0.4, 0.5) is 21.8 Å². The van der Waals surface area contributed by atoms with Crippen LogP contribution < -0.4 is 10.6 Å². The van der Waals surface area contributed by atoms with Gasteiger partial charge in [0, 0.05) is 17.1 Å². The first kappa shape index (κ1) is 13.8. The lowest BCUT2D eigenvalue weighted by Crippen LogP contribution is -2.18. The maximum Gasteiger partial charge on any atom is 0.223 e. The van der Waals surface area contributed by atoms with E-state index < -0.39 is 0 Å². The number of anilines is 3. The molecule has 4 nitrogen and oxygen atoms in total. The molecular formula is C15H15FN4S. The van der Waals surface area contributed by atoms with Gasteiger partial charge in [0.05, 0.1) is 5.39 Å². The van der Waals surface area contributed by atoms with Crippen LogP contribution in [0.15, 0.2) is 30.3 Å². The highest BCUT2D eigenvalue weighted by Crippen LogP contribution is 2.34. The van der Waals surface area contributed by atoms with Crippen LogP contribution in [0.5, 0.6) is 0 Å². The number of hydrogen-bond donors (Lipinski definition) is 1. The summed E-state index contributed by atoms with van der Waals surface area (Å²) in [4.78, 5) is 12.7. The number of nitrogen functional groups attached to an aromatic ring is 1. The van der Waals surface area contributed by atoms with E-state index in [1.165, 1.54) is 12.1 Å². The van der Waals surface area contributed by atoms with Crippen molar-refractivity contribution in [3.63, 3.8) is 0 Å². The molecule has 1 aromatic carbocycles. The highest BCUT2D eigenvalue weighted by Gasteiger charge is 2.16. The Bertz CT molecular complexity index is 782. The van der Waals surface area contributed by atoms with Crippen molar-refractivity contribution in [2.24, 2.45) is 0 Å². The number of nitrogens with zero attached hydrogens (tertiary/aromatic N) is 3. The average molecular weight is 302 g/mol. The summed E-state index contributed by atoms with van der Waals surface area (Å²) in [5, 5.41) is 0.970. The molecule has 21 heavy (non-hydrogen) atoms. The maximum absolute atomic E-state index is 13.1. The van der Waals surface area contributed by atoms with Gasteiger partial charge < -0.3 is 10.6 Å². The molecule has 0 radical (unpaired) electrons. The molecular weight excluding hydrogens is 287 g/mol. The molecule has 2 heterocycles. The Morgan fingerprint density at radius 3 is 2.62 bits per heavy atom. The molecule has 3 rings (SSSR count). The summed E-state index contributed by atoms with van der Waals surface area (Å²) in [5.41, 5.74) is 6.70. The molecule has 108 valence electrons. The highest BCUT2D eigenvalue weighted by atomic mass is 32.1. The van der Waals surface area contributed by atoms with E-state index in [4.69, 9.17) is 5.73 Å². The lowest BCUT2D eigenvalue weighted by molar-refractivity contribution is 0.628. The molecule has 0 saturated heterocycles. The zero-order valence-corrected chi connectivity index (χ0v) is 12.6. The number of halogens is 1. The van der Waals surface area contributed by atoms with Crippen molar-refractivity contribution in [2.45, 2.75) is 13.8 Å². The molecule has 0 bridgehead atoms. The Morgan fingerprint density at radius 2 is 1.95 bits per heavy atom. The van der Waals surface area contributed by atoms with E-state index in [1.807, 2.05) is 18.7 Å². The second-order valence-corrected chi connectivity index (χ2v) is 5.94. The zero-order chi connectivity index (χ0) is 15.0. The van der Waals surface area contributed by atoms with Gasteiger partial charge in [0.15, 0.2) is 0 Å². The fourth-order valence-electron chi connectivity index (χ4n) is 2.32. The molecule has 0 saturated carbocycles. The van der Waals surface area contributed by atoms with Crippen LogP contribution in [0.1, 0.15) is 11.8 Å². The molecule has 0 spiro atoms. The number of thiophene rings is 1. The monoisotopic (exact) mass is 302 g/mol. The number of hydrogen-bond acceptors (Lipinski definition) is 5. The van der Waals surface area contributed by atoms with Crippen molar-refractivity contribution in [2.75, 3.05) is 17.2 Å². The maximum atomic E-state index is 13.1. The summed E-state index contributed by atoms with van der Waals surface area (Å²) in [6.07, 6.45) is 0. The van der Waals surface area contributed by atoms with Crippen molar-refractivity contribution >= 4 is 39.0 Å². The third-order valence-corrected chi connectivity index (χ3v) is 4.17. The molecule has 2 aromatic heterocycles. The van der Waals surface area contributed by atoms with Gasteiger partial charge in [-0.05, 0) is 44.2 Å². The predicted octanol–water partition coefficient (Wildman–Crippen LogP) is 3.88. The quantitative estimate of drug-likeness (QED) is 0.797. The summed E-state index contributed by atoms with van der Waals surface area (Å²) in [5.74, 6) is 0.754. The van der Waals surface area contributed by atoms with Gasteiger partial charge in [0.2, 0.25) is 5.95 Å². The van der Waals surface area contributed by atoms with Gasteiger partial charge in [-0.2, -0.15) is 4.98 Å². The minimum Gasteiger partial charge on any atom is -0.368 e. The van der Waals surface area contributed by atoms with Gasteiger partial charge in [-0.3, -0.25) is 0 Å². The predicted molar refractivity (Wildman–Crippen MR) is 85.6 cm³/mol. The lowest BCUT2D eigenvalue weighted by Gasteiger charge is -2.22. The summed E-state index contributed by atoms with van der Waals surface area (Å²) < 4.78 is 13.1. The first-order chi connectivity index (χ1) is 10.1. The van der Waals surface area contributed by atoms with Crippen LogP contribution in [0.2, 0.25) is 0 Å². The van der Waals surface area contributed by atoms with E-state index in [0.29, 0.717) is 6.54 Å². The summed E-state index contributed by atoms with van der Waals surface area (Å²) in [6.45, 7) is 4.75. The molecule has 0 aliphatic rings. The molecule has 0 amide bonds. The molecule has 2 N–H and O–H groups in total. The second-order valence-electron chi connectivity index (χ2n) is 4.70. The number of nitrogens with two attached hydrogens (primary N) is 1. The molecule has 0 atom stereocenters. The van der Waals surface area contributed by atoms with Crippen LogP contribution in [0.25, 0.3) is 10.2 Å². The largest absolute Gasteiger partial charge is 0.368 e. The highest BCUT2D eigenvalue weighted by molar-refractivity contribution is 7.18. The van der Waals surface area contributed by atoms with Gasteiger partial charge in [-0.15, -0.1) is 11.3 Å². The Morgan fingerprint density at radius 1 is 1.24 bits per heavy atom. The minimum atomic E-state index is -0.256. The Balaban J connectivity index is 2.18. The number of aryl methyl sites for hydroxylation is 1. The van der Waals surface area contributed by atoms with Crippen molar-refractivity contribution in [1.82, 2.24) is 9.97 Å².